The first-order valence-electron chi connectivity index (χ1n) is 17.8. The third-order valence-electron chi connectivity index (χ3n) is 9.19. The molecule has 1 N–H and O–H groups in total. The van der Waals surface area contributed by atoms with Crippen LogP contribution in [0.5, 0.6) is 11.5 Å². The number of aromatic nitrogens is 2. The molecule has 0 spiro atoms. The summed E-state index contributed by atoms with van der Waals surface area (Å²) >= 11 is -0.857. The standard InChI is InChI=1S/C40H49N4O8PTe/c1-27(2)44(28(3)4)53(50-25-11-23-41)52-36-34(51-38(37(36)54-7)43-24-22-35(45)42-39(43)46)26-49-40(29-12-9-8-10-13-29,30-14-18-32(47-5)19-15-30)31-16-20-33(48-6)21-17-31/h8-10,12-22,24,27-28,34,36-38H,11,25-26H2,1-7H3,(H,42,45,46)/t34-,36-,37-,38-,53?/m1/s1. The summed E-state index contributed by atoms with van der Waals surface area (Å²) in [5.41, 5.74) is 0.423. The fourth-order valence-electron chi connectivity index (χ4n) is 6.75. The second-order valence-electron chi connectivity index (χ2n) is 13.2. The van der Waals surface area contributed by atoms with Crippen LogP contribution < -0.4 is 20.7 Å². The van der Waals surface area contributed by atoms with Crippen molar-refractivity contribution in [2.75, 3.05) is 27.4 Å². The van der Waals surface area contributed by atoms with Crippen LogP contribution in [0.1, 0.15) is 57.0 Å². The molecule has 0 bridgehead atoms. The molecule has 0 saturated carbocycles. The van der Waals surface area contributed by atoms with Gasteiger partial charge in [0, 0.05) is 0 Å². The van der Waals surface area contributed by atoms with Crippen LogP contribution in [0.15, 0.2) is 101 Å². The average molecular weight is 872 g/mol. The molecule has 4 aromatic rings. The number of nitrogens with one attached hydrogen (secondary N) is 1. The van der Waals surface area contributed by atoms with E-state index >= 15 is 0 Å². The van der Waals surface area contributed by atoms with Gasteiger partial charge in [-0.1, -0.05) is 0 Å². The van der Waals surface area contributed by atoms with Crippen LogP contribution in [0, 0.1) is 11.3 Å². The Bertz CT molecular complexity index is 1880. The first kappa shape index (κ1) is 41.6. The van der Waals surface area contributed by atoms with Gasteiger partial charge in [0.1, 0.15) is 0 Å². The minimum atomic E-state index is -1.67. The van der Waals surface area contributed by atoms with Crippen LogP contribution in [0.2, 0.25) is 8.94 Å². The van der Waals surface area contributed by atoms with E-state index in [1.54, 1.807) is 14.2 Å². The first-order chi connectivity index (χ1) is 26.1. The van der Waals surface area contributed by atoms with Crippen LogP contribution in [-0.2, 0) is 24.1 Å². The van der Waals surface area contributed by atoms with Gasteiger partial charge < -0.3 is 0 Å². The number of benzene rings is 3. The van der Waals surface area contributed by atoms with E-state index in [4.69, 9.17) is 28.0 Å². The SMILES string of the molecule is COc1ccc(C(OC[C@H]2O[C@@H](n3ccc(=O)[nH]c3=O)[C@H]([Te]C)[C@@H]2OP(OCCC#N)N(C(C)C)C(C)C)(c2ccccc2)c2ccc(OC)cc2)cc1. The summed E-state index contributed by atoms with van der Waals surface area (Å²) in [6, 6.07) is 29.2. The van der Waals surface area contributed by atoms with Crippen molar-refractivity contribution in [3.8, 4) is 17.6 Å². The van der Waals surface area contributed by atoms with E-state index < -0.39 is 64.7 Å². The van der Waals surface area contributed by atoms with E-state index in [9.17, 15) is 14.9 Å². The number of ether oxygens (including phenoxy) is 4. The average Bonchev–Trinajstić information content (AvgIpc) is 3.51. The van der Waals surface area contributed by atoms with Gasteiger partial charge in [-0.25, -0.2) is 0 Å². The van der Waals surface area contributed by atoms with Crippen LogP contribution in [-0.4, -0.2) is 86.9 Å². The van der Waals surface area contributed by atoms with Gasteiger partial charge >= 0.3 is 330 Å². The van der Waals surface area contributed by atoms with Crippen LogP contribution in [0.25, 0.3) is 0 Å². The number of H-pyrrole nitrogens is 1. The minimum absolute atomic E-state index is 0.0560. The Balaban J connectivity index is 1.64. The Morgan fingerprint density at radius 2 is 1.48 bits per heavy atom. The molecule has 5 rings (SSSR count). The van der Waals surface area contributed by atoms with Gasteiger partial charge in [0.25, 0.3) is 0 Å². The maximum absolute atomic E-state index is 13.3. The number of rotatable bonds is 18. The molecule has 1 saturated heterocycles. The molecule has 0 radical (unpaired) electrons. The third kappa shape index (κ3) is 9.27. The molecule has 3 aromatic carbocycles. The molecule has 2 heterocycles. The fraction of sp³-hybridized carbons (Fsp3) is 0.425. The van der Waals surface area contributed by atoms with E-state index in [0.29, 0.717) is 11.5 Å². The van der Waals surface area contributed by atoms with E-state index in [0.717, 1.165) is 16.7 Å². The molecule has 0 aliphatic carbocycles. The number of nitriles is 1. The molecule has 54 heavy (non-hydrogen) atoms. The first-order valence-corrected chi connectivity index (χ1v) is 22.6. The summed E-state index contributed by atoms with van der Waals surface area (Å²) in [5, 5.41) is 9.36. The molecule has 1 aliphatic heterocycles. The maximum atomic E-state index is 13.3. The van der Waals surface area contributed by atoms with Gasteiger partial charge in [0.15, 0.2) is 0 Å². The Labute approximate surface area is 328 Å². The summed E-state index contributed by atoms with van der Waals surface area (Å²) in [5.74, 6) is 1.41. The zero-order valence-corrected chi connectivity index (χ0v) is 34.9. The summed E-state index contributed by atoms with van der Waals surface area (Å²) in [6.07, 6.45) is -0.268. The number of nitrogens with zero attached hydrogens (tertiary/aromatic N) is 3. The summed E-state index contributed by atoms with van der Waals surface area (Å²) in [6.45, 7) is 8.61. The molecule has 5 atom stereocenters. The Hall–Kier alpha value is -3.55. The Morgan fingerprint density at radius 3 is 1.98 bits per heavy atom. The summed E-state index contributed by atoms with van der Waals surface area (Å²) < 4.78 is 42.1. The zero-order valence-electron chi connectivity index (χ0n) is 31.7. The summed E-state index contributed by atoms with van der Waals surface area (Å²) in [7, 11) is 1.59. The quantitative estimate of drug-likeness (QED) is 0.0500. The van der Waals surface area contributed by atoms with E-state index in [1.807, 2.05) is 78.9 Å². The third-order valence-corrected chi connectivity index (χ3v) is 14.3. The number of hydrogen-bond donors (Lipinski definition) is 1. The molecule has 12 nitrogen and oxygen atoms in total. The number of aromatic amines is 1. The van der Waals surface area contributed by atoms with Crippen LogP contribution in [0.3, 0.4) is 0 Å². The Morgan fingerprint density at radius 1 is 0.907 bits per heavy atom. The van der Waals surface area contributed by atoms with Crippen molar-refractivity contribution in [3.63, 3.8) is 0 Å². The molecular weight excluding hydrogens is 823 g/mol. The van der Waals surface area contributed by atoms with Crippen molar-refractivity contribution in [3.05, 3.63) is 129 Å². The van der Waals surface area contributed by atoms with Crippen molar-refractivity contribution in [2.24, 2.45) is 0 Å². The van der Waals surface area contributed by atoms with E-state index in [1.165, 1.54) is 16.8 Å². The van der Waals surface area contributed by atoms with Crippen molar-refractivity contribution in [2.45, 2.75) is 79.2 Å². The molecule has 1 fully saturated rings. The fourth-order valence-corrected chi connectivity index (χ4v) is 11.4. The number of methoxy groups -OCH3 is 2. The molecular formula is C40H49N4O8PTe. The van der Waals surface area contributed by atoms with E-state index in [2.05, 4.69) is 48.4 Å². The van der Waals surface area contributed by atoms with Gasteiger partial charge in [0.05, 0.1) is 0 Å². The second kappa shape index (κ2) is 19.4. The monoisotopic (exact) mass is 874 g/mol. The van der Waals surface area contributed by atoms with Gasteiger partial charge in [-0.2, -0.15) is 0 Å². The van der Waals surface area contributed by atoms with Gasteiger partial charge in [0.2, 0.25) is 0 Å². The second-order valence-corrected chi connectivity index (χ2v) is 17.5. The molecule has 14 heteroatoms. The molecule has 1 aliphatic rings. The van der Waals surface area contributed by atoms with Crippen LogP contribution in [0.4, 0.5) is 0 Å². The zero-order chi connectivity index (χ0) is 38.8. The van der Waals surface area contributed by atoms with Crippen molar-refractivity contribution in [1.29, 1.82) is 5.26 Å². The predicted octanol–water partition coefficient (Wildman–Crippen LogP) is 6.66. The van der Waals surface area contributed by atoms with E-state index in [-0.39, 0.29) is 35.7 Å². The topological polar surface area (TPSA) is 137 Å². The summed E-state index contributed by atoms with van der Waals surface area (Å²) in [4.78, 5) is 29.9. The van der Waals surface area contributed by atoms with Crippen molar-refractivity contribution in [1.82, 2.24) is 14.2 Å². The van der Waals surface area contributed by atoms with Crippen molar-refractivity contribution < 1.29 is 28.0 Å². The predicted molar refractivity (Wildman–Crippen MR) is 209 cm³/mol. The Kier molecular flexibility index (Phi) is 14.9. The molecule has 288 valence electrons. The van der Waals surface area contributed by atoms with Gasteiger partial charge in [-0.05, 0) is 0 Å². The van der Waals surface area contributed by atoms with Crippen LogP contribution >= 0.6 is 8.53 Å². The molecule has 0 amide bonds. The van der Waals surface area contributed by atoms with Crippen molar-refractivity contribution >= 4 is 29.4 Å². The normalized spacial score (nSPS) is 19.3. The number of hydrogen-bond acceptors (Lipinski definition) is 10. The van der Waals surface area contributed by atoms with Gasteiger partial charge in [-0.15, -0.1) is 0 Å². The molecule has 1 unspecified atom stereocenters. The molecule has 1 aromatic heterocycles. The van der Waals surface area contributed by atoms with Gasteiger partial charge in [-0.3, -0.25) is 0 Å².